The molecule has 1 heterocycles. The maximum atomic E-state index is 14.0. The van der Waals surface area contributed by atoms with Crippen molar-refractivity contribution in [3.8, 4) is 5.75 Å². The number of halogens is 2. The maximum Gasteiger partial charge on any atom is 0.282 e. The summed E-state index contributed by atoms with van der Waals surface area (Å²) >= 11 is 3.38. The number of hydrogen-bond donors (Lipinski definition) is 0. The molecular formula is C26H22BrFN4O4. The lowest BCUT2D eigenvalue weighted by Gasteiger charge is -2.11. The van der Waals surface area contributed by atoms with Crippen molar-refractivity contribution in [2.24, 2.45) is 5.10 Å². The molecule has 0 aliphatic heterocycles. The molecule has 0 aliphatic rings. The van der Waals surface area contributed by atoms with E-state index >= 15 is 0 Å². The van der Waals surface area contributed by atoms with Gasteiger partial charge in [0.2, 0.25) is 0 Å². The van der Waals surface area contributed by atoms with E-state index in [0.717, 1.165) is 17.3 Å². The standard InChI is InChI=1S/C26H22BrFN4O4/c1-2-3-8-25-30-23-11-9-19(27)14-21(23)26(33)31(25)29-15-18-13-20(32(34)35)10-12-24(18)36-16-17-6-4-5-7-22(17)28/h4-7,9-15H,2-3,8,16H2,1H3. The first-order chi connectivity index (χ1) is 17.4. The van der Waals surface area contributed by atoms with Crippen molar-refractivity contribution >= 4 is 38.7 Å². The predicted octanol–water partition coefficient (Wildman–Crippen LogP) is 6.01. The molecule has 0 radical (unpaired) electrons. The SMILES string of the molecule is CCCCc1nc2ccc(Br)cc2c(=O)n1N=Cc1cc([N+](=O)[O-])ccc1OCc1ccccc1F. The second-order valence-corrected chi connectivity index (χ2v) is 8.93. The number of non-ortho nitro benzene ring substituents is 1. The Kier molecular flexibility index (Phi) is 7.84. The van der Waals surface area contributed by atoms with E-state index in [9.17, 15) is 19.3 Å². The highest BCUT2D eigenvalue weighted by Gasteiger charge is 2.14. The summed E-state index contributed by atoms with van der Waals surface area (Å²) in [6, 6.07) is 15.5. The quantitative estimate of drug-likeness (QED) is 0.144. The van der Waals surface area contributed by atoms with Gasteiger partial charge in [0.05, 0.1) is 22.0 Å². The second-order valence-electron chi connectivity index (χ2n) is 8.01. The maximum absolute atomic E-state index is 14.0. The van der Waals surface area contributed by atoms with Crippen LogP contribution < -0.4 is 10.3 Å². The smallest absolute Gasteiger partial charge is 0.282 e. The Balaban J connectivity index is 1.76. The van der Waals surface area contributed by atoms with Gasteiger partial charge < -0.3 is 4.74 Å². The van der Waals surface area contributed by atoms with Gasteiger partial charge in [0.1, 0.15) is 24.0 Å². The lowest BCUT2D eigenvalue weighted by Crippen LogP contribution is -2.22. The number of nitrogens with zero attached hydrogens (tertiary/aromatic N) is 4. The fourth-order valence-electron chi connectivity index (χ4n) is 3.58. The molecule has 0 aliphatic carbocycles. The molecule has 4 rings (SSSR count). The molecule has 0 spiro atoms. The van der Waals surface area contributed by atoms with Crippen molar-refractivity contribution in [2.75, 3.05) is 0 Å². The third-order valence-electron chi connectivity index (χ3n) is 5.49. The topological polar surface area (TPSA) is 99.6 Å². The Morgan fingerprint density at radius 2 is 2.00 bits per heavy atom. The number of nitro groups is 1. The second kappa shape index (κ2) is 11.2. The Morgan fingerprint density at radius 3 is 2.75 bits per heavy atom. The van der Waals surface area contributed by atoms with Gasteiger partial charge >= 0.3 is 0 Å². The van der Waals surface area contributed by atoms with Crippen LogP contribution in [0.3, 0.4) is 0 Å². The average Bonchev–Trinajstić information content (AvgIpc) is 2.87. The first-order valence-electron chi connectivity index (χ1n) is 11.3. The van der Waals surface area contributed by atoms with Crippen LogP contribution >= 0.6 is 15.9 Å². The zero-order chi connectivity index (χ0) is 25.7. The third kappa shape index (κ3) is 5.65. The van der Waals surface area contributed by atoms with Gasteiger partial charge in [0, 0.05) is 34.2 Å². The van der Waals surface area contributed by atoms with Gasteiger partial charge in [-0.2, -0.15) is 9.78 Å². The highest BCUT2D eigenvalue weighted by Crippen LogP contribution is 2.24. The molecular weight excluding hydrogens is 531 g/mol. The van der Waals surface area contributed by atoms with Crippen LogP contribution in [0.1, 0.15) is 36.7 Å². The summed E-state index contributed by atoms with van der Waals surface area (Å²) in [5.74, 6) is 0.314. The summed E-state index contributed by atoms with van der Waals surface area (Å²) in [6.45, 7) is 1.95. The number of nitro benzene ring substituents is 1. The summed E-state index contributed by atoms with van der Waals surface area (Å²) in [6.07, 6.45) is 3.56. The lowest BCUT2D eigenvalue weighted by atomic mass is 10.2. The van der Waals surface area contributed by atoms with E-state index in [1.54, 1.807) is 30.3 Å². The first-order valence-corrected chi connectivity index (χ1v) is 12.1. The predicted molar refractivity (Wildman–Crippen MR) is 139 cm³/mol. The summed E-state index contributed by atoms with van der Waals surface area (Å²) in [5.41, 5.74) is 0.631. The van der Waals surface area contributed by atoms with E-state index in [-0.39, 0.29) is 29.2 Å². The van der Waals surface area contributed by atoms with Crippen molar-refractivity contribution in [1.82, 2.24) is 9.66 Å². The summed E-state index contributed by atoms with van der Waals surface area (Å²) in [5, 5.41) is 16.1. The Labute approximate surface area is 214 Å². The molecule has 3 aromatic carbocycles. The van der Waals surface area contributed by atoms with Gasteiger partial charge in [-0.25, -0.2) is 9.37 Å². The molecule has 0 unspecified atom stereocenters. The van der Waals surface area contributed by atoms with Crippen LogP contribution in [0, 0.1) is 15.9 Å². The molecule has 0 saturated carbocycles. The molecule has 0 amide bonds. The van der Waals surface area contributed by atoms with Crippen molar-refractivity contribution in [3.63, 3.8) is 0 Å². The van der Waals surface area contributed by atoms with E-state index in [1.165, 1.54) is 35.2 Å². The largest absolute Gasteiger partial charge is 0.488 e. The van der Waals surface area contributed by atoms with Crippen LogP contribution in [0.15, 0.2) is 75.0 Å². The molecule has 0 bridgehead atoms. The number of aryl methyl sites for hydroxylation is 1. The number of aromatic nitrogens is 2. The van der Waals surface area contributed by atoms with Crippen molar-refractivity contribution < 1.29 is 14.1 Å². The number of hydrogen-bond acceptors (Lipinski definition) is 6. The van der Waals surface area contributed by atoms with Crippen LogP contribution in [0.4, 0.5) is 10.1 Å². The van der Waals surface area contributed by atoms with Gasteiger partial charge in [0.15, 0.2) is 0 Å². The molecule has 0 N–H and O–H groups in total. The zero-order valence-corrected chi connectivity index (χ0v) is 20.9. The number of ether oxygens (including phenoxy) is 1. The van der Waals surface area contributed by atoms with E-state index < -0.39 is 10.7 Å². The highest BCUT2D eigenvalue weighted by atomic mass is 79.9. The number of rotatable bonds is 9. The molecule has 0 fully saturated rings. The molecule has 10 heteroatoms. The van der Waals surface area contributed by atoms with E-state index in [2.05, 4.69) is 26.0 Å². The van der Waals surface area contributed by atoms with Crippen molar-refractivity contribution in [2.45, 2.75) is 32.8 Å². The van der Waals surface area contributed by atoms with E-state index in [1.807, 2.05) is 13.0 Å². The fourth-order valence-corrected chi connectivity index (χ4v) is 3.94. The van der Waals surface area contributed by atoms with Crippen molar-refractivity contribution in [3.05, 3.63) is 108 Å². The van der Waals surface area contributed by atoms with E-state index in [4.69, 9.17) is 4.74 Å². The number of fused-ring (bicyclic) bond motifs is 1. The summed E-state index contributed by atoms with van der Waals surface area (Å²) in [4.78, 5) is 28.8. The molecule has 0 atom stereocenters. The molecule has 8 nitrogen and oxygen atoms in total. The average molecular weight is 553 g/mol. The van der Waals surface area contributed by atoms with Crippen LogP contribution in [0.25, 0.3) is 10.9 Å². The van der Waals surface area contributed by atoms with Crippen LogP contribution in [-0.4, -0.2) is 20.8 Å². The fraction of sp³-hybridized carbons (Fsp3) is 0.192. The minimum atomic E-state index is -0.536. The summed E-state index contributed by atoms with van der Waals surface area (Å²) in [7, 11) is 0. The Bertz CT molecular complexity index is 1520. The van der Waals surface area contributed by atoms with Crippen LogP contribution in [0.5, 0.6) is 5.75 Å². The van der Waals surface area contributed by atoms with Gasteiger partial charge in [-0.15, -0.1) is 0 Å². The molecule has 4 aromatic rings. The summed E-state index contributed by atoms with van der Waals surface area (Å²) < 4.78 is 21.8. The van der Waals surface area contributed by atoms with Crippen LogP contribution in [-0.2, 0) is 13.0 Å². The number of benzene rings is 3. The highest BCUT2D eigenvalue weighted by molar-refractivity contribution is 9.10. The molecule has 184 valence electrons. The minimum absolute atomic E-state index is 0.0847. The Morgan fingerprint density at radius 1 is 1.19 bits per heavy atom. The Hall–Kier alpha value is -3.92. The lowest BCUT2D eigenvalue weighted by molar-refractivity contribution is -0.384. The van der Waals surface area contributed by atoms with Gasteiger partial charge in [-0.3, -0.25) is 14.9 Å². The normalized spacial score (nSPS) is 11.3. The van der Waals surface area contributed by atoms with Gasteiger partial charge in [-0.05, 0) is 36.8 Å². The van der Waals surface area contributed by atoms with Crippen molar-refractivity contribution in [1.29, 1.82) is 0 Å². The molecule has 36 heavy (non-hydrogen) atoms. The third-order valence-corrected chi connectivity index (χ3v) is 5.98. The minimum Gasteiger partial charge on any atom is -0.488 e. The number of unbranched alkanes of at least 4 members (excludes halogenated alkanes) is 1. The molecule has 1 aromatic heterocycles. The first kappa shape index (κ1) is 25.2. The molecule has 0 saturated heterocycles. The van der Waals surface area contributed by atoms with E-state index in [0.29, 0.717) is 28.7 Å². The van der Waals surface area contributed by atoms with Gasteiger partial charge in [-0.1, -0.05) is 47.5 Å². The zero-order valence-electron chi connectivity index (χ0n) is 19.4. The van der Waals surface area contributed by atoms with Gasteiger partial charge in [0.25, 0.3) is 11.2 Å². The monoisotopic (exact) mass is 552 g/mol. The van der Waals surface area contributed by atoms with Crippen LogP contribution in [0.2, 0.25) is 0 Å².